The number of carbonyl (C=O) groups excluding carboxylic acids is 1. The highest BCUT2D eigenvalue weighted by molar-refractivity contribution is 9.10. The van der Waals surface area contributed by atoms with Crippen LogP contribution in [-0.4, -0.2) is 31.4 Å². The quantitative estimate of drug-likeness (QED) is 0.636. The van der Waals surface area contributed by atoms with E-state index in [9.17, 15) is 9.18 Å². The van der Waals surface area contributed by atoms with Gasteiger partial charge in [0.2, 0.25) is 11.1 Å². The summed E-state index contributed by atoms with van der Waals surface area (Å²) < 4.78 is 16.0. The number of nitrogens with zero attached hydrogens (tertiary/aromatic N) is 4. The number of tetrazole rings is 1. The van der Waals surface area contributed by atoms with E-state index in [0.717, 1.165) is 5.69 Å². The molecule has 1 unspecified atom stereocenters. The number of benzene rings is 2. The first-order valence-corrected chi connectivity index (χ1v) is 8.98. The molecule has 3 rings (SSSR count). The molecule has 0 radical (unpaired) electrons. The van der Waals surface area contributed by atoms with E-state index in [1.807, 2.05) is 30.3 Å². The summed E-state index contributed by atoms with van der Waals surface area (Å²) in [5.74, 6) is -0.845. The molecule has 0 aliphatic rings. The number of hydrogen-bond donors (Lipinski definition) is 1. The fourth-order valence-corrected chi connectivity index (χ4v) is 3.16. The van der Waals surface area contributed by atoms with Crippen molar-refractivity contribution < 1.29 is 9.18 Å². The van der Waals surface area contributed by atoms with E-state index < -0.39 is 11.1 Å². The molecule has 1 amide bonds. The van der Waals surface area contributed by atoms with Crippen molar-refractivity contribution in [3.8, 4) is 5.69 Å². The van der Waals surface area contributed by atoms with Gasteiger partial charge in [0, 0.05) is 4.47 Å². The Morgan fingerprint density at radius 1 is 1.28 bits per heavy atom. The molecule has 0 bridgehead atoms. The average molecular weight is 422 g/mol. The van der Waals surface area contributed by atoms with Gasteiger partial charge in [-0.1, -0.05) is 45.9 Å². The normalized spacial score (nSPS) is 12.0. The Bertz CT molecular complexity index is 889. The van der Waals surface area contributed by atoms with Crippen LogP contribution >= 0.6 is 27.7 Å². The van der Waals surface area contributed by atoms with Crippen LogP contribution in [0, 0.1) is 5.82 Å². The first-order valence-electron chi connectivity index (χ1n) is 7.31. The minimum absolute atomic E-state index is 0.128. The van der Waals surface area contributed by atoms with Crippen molar-refractivity contribution in [1.82, 2.24) is 20.2 Å². The van der Waals surface area contributed by atoms with Crippen LogP contribution in [0.3, 0.4) is 0 Å². The van der Waals surface area contributed by atoms with Gasteiger partial charge >= 0.3 is 0 Å². The molecule has 2 aromatic carbocycles. The smallest absolute Gasteiger partial charge is 0.237 e. The Kier molecular flexibility index (Phi) is 5.44. The van der Waals surface area contributed by atoms with Crippen LogP contribution in [0.15, 0.2) is 58.2 Å². The predicted molar refractivity (Wildman–Crippen MR) is 97.2 cm³/mol. The maximum absolute atomic E-state index is 13.8. The fourth-order valence-electron chi connectivity index (χ4n) is 2.02. The second-order valence-corrected chi connectivity index (χ2v) is 7.31. The Morgan fingerprint density at radius 3 is 2.76 bits per heavy atom. The lowest BCUT2D eigenvalue weighted by Gasteiger charge is -2.12. The molecule has 0 aliphatic heterocycles. The number of hydrogen-bond acceptors (Lipinski definition) is 5. The second-order valence-electron chi connectivity index (χ2n) is 5.08. The van der Waals surface area contributed by atoms with E-state index in [4.69, 9.17) is 0 Å². The number of rotatable bonds is 5. The zero-order valence-corrected chi connectivity index (χ0v) is 15.5. The summed E-state index contributed by atoms with van der Waals surface area (Å²) in [6.07, 6.45) is 0. The van der Waals surface area contributed by atoms with E-state index in [1.54, 1.807) is 17.7 Å². The van der Waals surface area contributed by atoms with Gasteiger partial charge in [0.05, 0.1) is 16.6 Å². The van der Waals surface area contributed by atoms with Crippen molar-refractivity contribution in [1.29, 1.82) is 0 Å². The first-order chi connectivity index (χ1) is 12.0. The lowest BCUT2D eigenvalue weighted by molar-refractivity contribution is -0.115. The SMILES string of the molecule is CC(Sc1nnnn1-c1ccccc1)C(=O)Nc1ccc(Br)cc1F. The molecule has 0 aliphatic carbocycles. The monoisotopic (exact) mass is 421 g/mol. The highest BCUT2D eigenvalue weighted by Crippen LogP contribution is 2.25. The molecule has 3 aromatic rings. The third-order valence-electron chi connectivity index (χ3n) is 3.28. The van der Waals surface area contributed by atoms with Crippen LogP contribution in [-0.2, 0) is 4.79 Å². The molecule has 25 heavy (non-hydrogen) atoms. The van der Waals surface area contributed by atoms with Crippen molar-refractivity contribution in [3.05, 3.63) is 58.8 Å². The van der Waals surface area contributed by atoms with Crippen LogP contribution in [0.2, 0.25) is 0 Å². The molecule has 1 aromatic heterocycles. The van der Waals surface area contributed by atoms with E-state index in [1.165, 1.54) is 23.9 Å². The minimum atomic E-state index is -0.517. The van der Waals surface area contributed by atoms with Crippen LogP contribution in [0.4, 0.5) is 10.1 Å². The van der Waals surface area contributed by atoms with E-state index in [0.29, 0.717) is 9.63 Å². The zero-order chi connectivity index (χ0) is 17.8. The zero-order valence-electron chi connectivity index (χ0n) is 13.1. The fraction of sp³-hybridized carbons (Fsp3) is 0.125. The van der Waals surface area contributed by atoms with Crippen LogP contribution in [0.5, 0.6) is 0 Å². The maximum Gasteiger partial charge on any atom is 0.237 e. The van der Waals surface area contributed by atoms with Gasteiger partial charge in [-0.2, -0.15) is 4.68 Å². The van der Waals surface area contributed by atoms with Gasteiger partial charge in [-0.15, -0.1) is 5.10 Å². The van der Waals surface area contributed by atoms with Crippen LogP contribution in [0.1, 0.15) is 6.92 Å². The lowest BCUT2D eigenvalue weighted by Crippen LogP contribution is -2.23. The van der Waals surface area contributed by atoms with Crippen molar-refractivity contribution in [2.45, 2.75) is 17.3 Å². The highest BCUT2D eigenvalue weighted by atomic mass is 79.9. The van der Waals surface area contributed by atoms with E-state index in [-0.39, 0.29) is 11.6 Å². The number of thioether (sulfide) groups is 1. The highest BCUT2D eigenvalue weighted by Gasteiger charge is 2.20. The molecule has 1 atom stereocenters. The standard InChI is InChI=1S/C16H13BrFN5OS/c1-10(15(24)19-14-8-7-11(17)9-13(14)18)25-16-20-21-22-23(16)12-5-3-2-4-6-12/h2-10H,1H3,(H,19,24). The van der Waals surface area contributed by atoms with Crippen molar-refractivity contribution >= 4 is 39.3 Å². The summed E-state index contributed by atoms with van der Waals surface area (Å²) >= 11 is 4.37. The van der Waals surface area contributed by atoms with Gasteiger partial charge in [-0.3, -0.25) is 4.79 Å². The summed E-state index contributed by atoms with van der Waals surface area (Å²) in [5, 5.41) is 14.1. The largest absolute Gasteiger partial charge is 0.323 e. The molecule has 128 valence electrons. The first kappa shape index (κ1) is 17.6. The molecular formula is C16H13BrFN5OS. The van der Waals surface area contributed by atoms with E-state index >= 15 is 0 Å². The average Bonchev–Trinajstić information content (AvgIpc) is 3.06. The van der Waals surface area contributed by atoms with Gasteiger partial charge in [0.15, 0.2) is 0 Å². The summed E-state index contributed by atoms with van der Waals surface area (Å²) in [6.45, 7) is 1.71. The molecule has 1 heterocycles. The summed E-state index contributed by atoms with van der Waals surface area (Å²) in [5.41, 5.74) is 0.921. The predicted octanol–water partition coefficient (Wildman–Crippen LogP) is 3.68. The molecule has 0 saturated carbocycles. The molecule has 1 N–H and O–H groups in total. The number of amides is 1. The topological polar surface area (TPSA) is 72.7 Å². The number of halogens is 2. The number of para-hydroxylation sites is 1. The Balaban J connectivity index is 1.71. The molecule has 0 saturated heterocycles. The number of nitrogens with one attached hydrogen (secondary N) is 1. The second kappa shape index (κ2) is 7.75. The van der Waals surface area contributed by atoms with Gasteiger partial charge in [-0.25, -0.2) is 4.39 Å². The van der Waals surface area contributed by atoms with E-state index in [2.05, 4.69) is 36.8 Å². The Morgan fingerprint density at radius 2 is 2.04 bits per heavy atom. The minimum Gasteiger partial charge on any atom is -0.323 e. The number of aromatic nitrogens is 4. The van der Waals surface area contributed by atoms with Crippen molar-refractivity contribution in [2.75, 3.05) is 5.32 Å². The van der Waals surface area contributed by atoms with Crippen molar-refractivity contribution in [2.24, 2.45) is 0 Å². The number of anilines is 1. The van der Waals surface area contributed by atoms with Crippen LogP contribution in [0.25, 0.3) is 5.69 Å². The summed E-state index contributed by atoms with van der Waals surface area (Å²) in [4.78, 5) is 12.3. The lowest BCUT2D eigenvalue weighted by atomic mass is 10.3. The maximum atomic E-state index is 13.8. The van der Waals surface area contributed by atoms with Gasteiger partial charge in [0.25, 0.3) is 0 Å². The molecule has 0 spiro atoms. The Hall–Kier alpha value is -2.26. The molecule has 6 nitrogen and oxygen atoms in total. The third kappa shape index (κ3) is 4.23. The summed E-state index contributed by atoms with van der Waals surface area (Å²) in [7, 11) is 0. The third-order valence-corrected chi connectivity index (χ3v) is 4.81. The molecule has 0 fully saturated rings. The summed E-state index contributed by atoms with van der Waals surface area (Å²) in [6, 6.07) is 13.8. The number of carbonyl (C=O) groups is 1. The van der Waals surface area contributed by atoms with Gasteiger partial charge in [0.1, 0.15) is 5.82 Å². The van der Waals surface area contributed by atoms with Gasteiger partial charge < -0.3 is 5.32 Å². The van der Waals surface area contributed by atoms with Crippen LogP contribution < -0.4 is 5.32 Å². The molecular weight excluding hydrogens is 409 g/mol. The van der Waals surface area contributed by atoms with Gasteiger partial charge in [-0.05, 0) is 47.7 Å². The van der Waals surface area contributed by atoms with Crippen molar-refractivity contribution in [3.63, 3.8) is 0 Å². The molecule has 9 heteroatoms. The Labute approximate surface area is 155 Å².